The molecule has 0 amide bonds. The van der Waals surface area contributed by atoms with E-state index in [0.29, 0.717) is 6.61 Å². The third kappa shape index (κ3) is 6.53. The summed E-state index contributed by atoms with van der Waals surface area (Å²) in [6.07, 6.45) is -3.19. The molecule has 2 aromatic carbocycles. The predicted molar refractivity (Wildman–Crippen MR) is 115 cm³/mol. The number of ether oxygens (including phenoxy) is 5. The van der Waals surface area contributed by atoms with Crippen molar-refractivity contribution in [3.63, 3.8) is 0 Å². The van der Waals surface area contributed by atoms with Gasteiger partial charge in [0.1, 0.15) is 24.4 Å². The van der Waals surface area contributed by atoms with E-state index in [1.54, 1.807) is 0 Å². The van der Waals surface area contributed by atoms with Gasteiger partial charge in [-0.15, -0.1) is 0 Å². The summed E-state index contributed by atoms with van der Waals surface area (Å²) in [7, 11) is 1.43. The molecule has 9 heteroatoms. The van der Waals surface area contributed by atoms with Gasteiger partial charge in [-0.05, 0) is 16.7 Å². The number of nitrogens with zero attached hydrogens (tertiary/aromatic N) is 3. The van der Waals surface area contributed by atoms with E-state index in [2.05, 4.69) is 10.0 Å². The Labute approximate surface area is 186 Å². The fourth-order valence-electron chi connectivity index (χ4n) is 3.56. The third-order valence-electron chi connectivity index (χ3n) is 5.01. The van der Waals surface area contributed by atoms with Crippen LogP contribution in [0.2, 0.25) is 0 Å². The first kappa shape index (κ1) is 23.7. The van der Waals surface area contributed by atoms with E-state index in [4.69, 9.17) is 29.2 Å². The highest BCUT2D eigenvalue weighted by Gasteiger charge is 2.48. The number of benzene rings is 2. The van der Waals surface area contributed by atoms with Gasteiger partial charge in [0, 0.05) is 18.9 Å². The van der Waals surface area contributed by atoms with Gasteiger partial charge in [0.25, 0.3) is 0 Å². The SMILES string of the molecule is CO[C@H]1O[C@H](COCc2ccccc2)[C@@H](OCc2ccccc2)[C@H](OC(C)=O)[C@@H]1N=[N+]=[N-]. The van der Waals surface area contributed by atoms with Crippen molar-refractivity contribution < 1.29 is 28.5 Å². The van der Waals surface area contributed by atoms with E-state index in [0.717, 1.165) is 11.1 Å². The van der Waals surface area contributed by atoms with Crippen LogP contribution in [-0.2, 0) is 41.7 Å². The topological polar surface area (TPSA) is 112 Å². The summed E-state index contributed by atoms with van der Waals surface area (Å²) in [6, 6.07) is 18.4. The minimum atomic E-state index is -0.919. The van der Waals surface area contributed by atoms with E-state index >= 15 is 0 Å². The molecule has 0 N–H and O–H groups in total. The summed E-state index contributed by atoms with van der Waals surface area (Å²) < 4.78 is 29.0. The maximum absolute atomic E-state index is 11.9. The van der Waals surface area contributed by atoms with Crippen LogP contribution in [0.5, 0.6) is 0 Å². The van der Waals surface area contributed by atoms with Gasteiger partial charge in [-0.25, -0.2) is 0 Å². The first-order chi connectivity index (χ1) is 15.6. The Morgan fingerprint density at radius 3 is 2.22 bits per heavy atom. The lowest BCUT2D eigenvalue weighted by Crippen LogP contribution is -2.60. The standard InChI is InChI=1S/C23H27N3O6/c1-16(27)31-22-20(25-26-24)23(28-2)32-19(15-29-13-17-9-5-3-6-10-17)21(22)30-14-18-11-7-4-8-12-18/h3-12,19-23H,13-15H2,1-2H3/t19-,20+,21-,22-,23+/m1/s1. The van der Waals surface area contributed by atoms with Crippen molar-refractivity contribution in [1.82, 2.24) is 0 Å². The van der Waals surface area contributed by atoms with Crippen molar-refractivity contribution >= 4 is 5.97 Å². The number of rotatable bonds is 10. The van der Waals surface area contributed by atoms with Crippen LogP contribution in [0.3, 0.4) is 0 Å². The third-order valence-corrected chi connectivity index (χ3v) is 5.01. The Bertz CT molecular complexity index is 891. The molecular weight excluding hydrogens is 414 g/mol. The van der Waals surface area contributed by atoms with Gasteiger partial charge in [-0.3, -0.25) is 4.79 Å². The molecule has 0 aromatic heterocycles. The summed E-state index contributed by atoms with van der Waals surface area (Å²) >= 11 is 0. The number of carbonyl (C=O) groups excluding carboxylic acids is 1. The van der Waals surface area contributed by atoms with Crippen molar-refractivity contribution in [1.29, 1.82) is 0 Å². The monoisotopic (exact) mass is 441 g/mol. The number of hydrogen-bond donors (Lipinski definition) is 0. The minimum absolute atomic E-state index is 0.162. The lowest BCUT2D eigenvalue weighted by Gasteiger charge is -2.43. The summed E-state index contributed by atoms with van der Waals surface area (Å²) in [4.78, 5) is 14.7. The summed E-state index contributed by atoms with van der Waals surface area (Å²) in [5.74, 6) is -0.526. The maximum atomic E-state index is 11.9. The Balaban J connectivity index is 1.80. The van der Waals surface area contributed by atoms with Crippen molar-refractivity contribution in [2.24, 2.45) is 5.11 Å². The number of azide groups is 1. The summed E-state index contributed by atoms with van der Waals surface area (Å²) in [6.45, 7) is 2.08. The van der Waals surface area contributed by atoms with E-state index in [1.165, 1.54) is 14.0 Å². The number of esters is 1. The number of carbonyl (C=O) groups is 1. The molecule has 0 saturated carbocycles. The zero-order valence-corrected chi connectivity index (χ0v) is 18.1. The summed E-state index contributed by atoms with van der Waals surface area (Å²) in [5.41, 5.74) is 11.0. The summed E-state index contributed by atoms with van der Waals surface area (Å²) in [5, 5.41) is 3.77. The highest BCUT2D eigenvalue weighted by molar-refractivity contribution is 5.66. The van der Waals surface area contributed by atoms with Gasteiger partial charge in [0.05, 0.1) is 19.8 Å². The van der Waals surface area contributed by atoms with E-state index in [-0.39, 0.29) is 13.2 Å². The van der Waals surface area contributed by atoms with Crippen molar-refractivity contribution in [2.75, 3.05) is 13.7 Å². The molecule has 1 saturated heterocycles. The molecule has 9 nitrogen and oxygen atoms in total. The molecule has 1 aliphatic heterocycles. The zero-order chi connectivity index (χ0) is 22.8. The smallest absolute Gasteiger partial charge is 0.303 e. The molecular formula is C23H27N3O6. The van der Waals surface area contributed by atoms with Gasteiger partial charge < -0.3 is 23.7 Å². The Morgan fingerprint density at radius 1 is 1.03 bits per heavy atom. The van der Waals surface area contributed by atoms with Crippen LogP contribution in [0, 0.1) is 0 Å². The molecule has 1 aliphatic rings. The van der Waals surface area contributed by atoms with Crippen molar-refractivity contribution in [3.8, 4) is 0 Å². The highest BCUT2D eigenvalue weighted by Crippen LogP contribution is 2.30. The lowest BCUT2D eigenvalue weighted by molar-refractivity contribution is -0.274. The largest absolute Gasteiger partial charge is 0.459 e. The van der Waals surface area contributed by atoms with Crippen LogP contribution >= 0.6 is 0 Å². The molecule has 3 rings (SSSR count). The van der Waals surface area contributed by atoms with E-state index in [9.17, 15) is 4.79 Å². The lowest BCUT2D eigenvalue weighted by atomic mass is 9.96. The predicted octanol–water partition coefficient (Wildman–Crippen LogP) is 3.77. The van der Waals surface area contributed by atoms with Gasteiger partial charge in [0.15, 0.2) is 6.29 Å². The van der Waals surface area contributed by atoms with Crippen LogP contribution in [0.15, 0.2) is 65.8 Å². The second-order valence-electron chi connectivity index (χ2n) is 7.31. The first-order valence-corrected chi connectivity index (χ1v) is 10.3. The van der Waals surface area contributed by atoms with Gasteiger partial charge in [0.2, 0.25) is 0 Å². The molecule has 0 spiro atoms. The maximum Gasteiger partial charge on any atom is 0.303 e. The minimum Gasteiger partial charge on any atom is -0.459 e. The average Bonchev–Trinajstić information content (AvgIpc) is 2.81. The molecule has 170 valence electrons. The molecule has 0 aliphatic carbocycles. The second kappa shape index (κ2) is 12.2. The first-order valence-electron chi connectivity index (χ1n) is 10.3. The Hall–Kier alpha value is -2.94. The van der Waals surface area contributed by atoms with Gasteiger partial charge in [-0.1, -0.05) is 65.8 Å². The normalized spacial score (nSPS) is 25.0. The average molecular weight is 441 g/mol. The molecule has 1 fully saturated rings. The molecule has 0 unspecified atom stereocenters. The Kier molecular flexibility index (Phi) is 9.03. The highest BCUT2D eigenvalue weighted by atomic mass is 16.7. The van der Waals surface area contributed by atoms with Crippen LogP contribution in [0.25, 0.3) is 10.4 Å². The van der Waals surface area contributed by atoms with Crippen molar-refractivity contribution in [2.45, 2.75) is 50.8 Å². The quantitative estimate of drug-likeness (QED) is 0.240. The second-order valence-corrected chi connectivity index (χ2v) is 7.31. The molecule has 0 radical (unpaired) electrons. The Morgan fingerprint density at radius 2 is 1.66 bits per heavy atom. The fraction of sp³-hybridized carbons (Fsp3) is 0.435. The number of hydrogen-bond acceptors (Lipinski definition) is 7. The van der Waals surface area contributed by atoms with Crippen LogP contribution < -0.4 is 0 Å². The van der Waals surface area contributed by atoms with E-state index in [1.807, 2.05) is 60.7 Å². The van der Waals surface area contributed by atoms with Crippen LogP contribution in [0.4, 0.5) is 0 Å². The zero-order valence-electron chi connectivity index (χ0n) is 18.1. The fourth-order valence-corrected chi connectivity index (χ4v) is 3.56. The molecule has 32 heavy (non-hydrogen) atoms. The molecule has 0 bridgehead atoms. The van der Waals surface area contributed by atoms with Crippen LogP contribution in [0.1, 0.15) is 18.1 Å². The van der Waals surface area contributed by atoms with E-state index < -0.39 is 36.6 Å². The molecule has 2 aromatic rings. The molecule has 5 atom stereocenters. The van der Waals surface area contributed by atoms with Crippen molar-refractivity contribution in [3.05, 3.63) is 82.2 Å². The van der Waals surface area contributed by atoms with Gasteiger partial charge in [-0.2, -0.15) is 0 Å². The number of methoxy groups -OCH3 is 1. The molecule has 1 heterocycles. The van der Waals surface area contributed by atoms with Gasteiger partial charge >= 0.3 is 5.97 Å². The van der Waals surface area contributed by atoms with Crippen LogP contribution in [-0.4, -0.2) is 50.3 Å².